The molecular formula is C23H25N3O2S. The molecule has 0 spiro atoms. The summed E-state index contributed by atoms with van der Waals surface area (Å²) in [4.78, 5) is 31.7. The lowest BCUT2D eigenvalue weighted by molar-refractivity contribution is -0.121. The molecule has 0 saturated carbocycles. The van der Waals surface area contributed by atoms with Crippen LogP contribution in [0.2, 0.25) is 0 Å². The summed E-state index contributed by atoms with van der Waals surface area (Å²) in [6, 6.07) is 18.3. The average molecular weight is 408 g/mol. The van der Waals surface area contributed by atoms with Gasteiger partial charge in [-0.15, -0.1) is 0 Å². The minimum absolute atomic E-state index is 0.0858. The molecule has 1 amide bonds. The number of aromatic amines is 1. The molecule has 1 unspecified atom stereocenters. The zero-order valence-corrected chi connectivity index (χ0v) is 17.7. The molecule has 1 aromatic heterocycles. The van der Waals surface area contributed by atoms with E-state index in [2.05, 4.69) is 39.6 Å². The number of amides is 1. The Morgan fingerprint density at radius 3 is 2.38 bits per heavy atom. The number of hydrogen-bond acceptors (Lipinski definition) is 4. The third-order valence-electron chi connectivity index (χ3n) is 4.89. The predicted octanol–water partition coefficient (Wildman–Crippen LogP) is 4.28. The van der Waals surface area contributed by atoms with Crippen LogP contribution >= 0.6 is 11.8 Å². The van der Waals surface area contributed by atoms with Crippen LogP contribution in [0.4, 0.5) is 0 Å². The predicted molar refractivity (Wildman–Crippen MR) is 118 cm³/mol. The molecule has 150 valence electrons. The topological polar surface area (TPSA) is 74.8 Å². The van der Waals surface area contributed by atoms with E-state index in [0.717, 1.165) is 16.7 Å². The van der Waals surface area contributed by atoms with E-state index in [1.54, 1.807) is 6.92 Å². The Hall–Kier alpha value is -2.86. The average Bonchev–Trinajstić information content (AvgIpc) is 2.73. The number of aryl methyl sites for hydroxylation is 1. The fraction of sp³-hybridized carbons (Fsp3) is 0.261. The van der Waals surface area contributed by atoms with E-state index in [-0.39, 0.29) is 23.9 Å². The fourth-order valence-corrected chi connectivity index (χ4v) is 3.63. The summed E-state index contributed by atoms with van der Waals surface area (Å²) in [6.45, 7) is 3.77. The number of rotatable bonds is 7. The van der Waals surface area contributed by atoms with Crippen LogP contribution in [-0.2, 0) is 11.2 Å². The number of carbonyl (C=O) groups excluding carboxylic acids is 1. The van der Waals surface area contributed by atoms with Gasteiger partial charge in [0.05, 0.1) is 6.04 Å². The number of H-pyrrole nitrogens is 1. The van der Waals surface area contributed by atoms with E-state index in [0.29, 0.717) is 22.8 Å². The lowest BCUT2D eigenvalue weighted by Crippen LogP contribution is -2.28. The van der Waals surface area contributed by atoms with Gasteiger partial charge in [0.1, 0.15) is 0 Å². The summed E-state index contributed by atoms with van der Waals surface area (Å²) in [7, 11) is 0. The second-order valence-electron chi connectivity index (χ2n) is 6.92. The first-order valence-corrected chi connectivity index (χ1v) is 10.8. The number of thioether (sulfide) groups is 1. The molecule has 0 fully saturated rings. The Labute approximate surface area is 175 Å². The second-order valence-corrected chi connectivity index (χ2v) is 7.71. The standard InChI is InChI=1S/C23H25N3O2S/c1-15(17-9-11-19(12-10-17)18-7-5-4-6-8-18)24-21(27)14-13-20-16(2)25-23(29-3)26-22(20)28/h4-12,15H,13-14H2,1-3H3,(H,24,27)(H,25,26,28). The van der Waals surface area contributed by atoms with Crippen LogP contribution in [0.15, 0.2) is 64.5 Å². The highest BCUT2D eigenvalue weighted by Crippen LogP contribution is 2.22. The van der Waals surface area contributed by atoms with Gasteiger partial charge in [0.25, 0.3) is 5.56 Å². The second kappa shape index (κ2) is 9.56. The Bertz CT molecular complexity index is 1030. The van der Waals surface area contributed by atoms with Crippen molar-refractivity contribution in [3.8, 4) is 11.1 Å². The van der Waals surface area contributed by atoms with E-state index < -0.39 is 0 Å². The maximum absolute atomic E-state index is 12.4. The lowest BCUT2D eigenvalue weighted by Gasteiger charge is -2.15. The number of nitrogens with one attached hydrogen (secondary N) is 2. The fourth-order valence-electron chi connectivity index (χ4n) is 3.21. The van der Waals surface area contributed by atoms with Gasteiger partial charge in [-0.1, -0.05) is 66.4 Å². The van der Waals surface area contributed by atoms with Crippen LogP contribution in [0.5, 0.6) is 0 Å². The lowest BCUT2D eigenvalue weighted by atomic mass is 10.0. The highest BCUT2D eigenvalue weighted by Gasteiger charge is 2.13. The monoisotopic (exact) mass is 407 g/mol. The number of benzene rings is 2. The van der Waals surface area contributed by atoms with Crippen LogP contribution in [0, 0.1) is 6.92 Å². The van der Waals surface area contributed by atoms with Gasteiger partial charge in [-0.3, -0.25) is 9.59 Å². The van der Waals surface area contributed by atoms with E-state index in [9.17, 15) is 9.59 Å². The molecule has 1 atom stereocenters. The van der Waals surface area contributed by atoms with Crippen LogP contribution in [-0.4, -0.2) is 22.1 Å². The first kappa shape index (κ1) is 20.9. The minimum atomic E-state index is -0.167. The third kappa shape index (κ3) is 5.35. The summed E-state index contributed by atoms with van der Waals surface area (Å²) < 4.78 is 0. The van der Waals surface area contributed by atoms with Crippen molar-refractivity contribution in [2.45, 2.75) is 37.9 Å². The highest BCUT2D eigenvalue weighted by atomic mass is 32.2. The van der Waals surface area contributed by atoms with Crippen molar-refractivity contribution in [1.82, 2.24) is 15.3 Å². The van der Waals surface area contributed by atoms with Gasteiger partial charge in [-0.2, -0.15) is 0 Å². The Kier molecular flexibility index (Phi) is 6.88. The maximum Gasteiger partial charge on any atom is 0.254 e. The van der Waals surface area contributed by atoms with Gasteiger partial charge >= 0.3 is 0 Å². The van der Waals surface area contributed by atoms with Crippen molar-refractivity contribution in [3.05, 3.63) is 81.8 Å². The smallest absolute Gasteiger partial charge is 0.254 e. The largest absolute Gasteiger partial charge is 0.350 e. The molecule has 3 rings (SSSR count). The van der Waals surface area contributed by atoms with Crippen molar-refractivity contribution in [2.24, 2.45) is 0 Å². The summed E-state index contributed by atoms with van der Waals surface area (Å²) in [5.41, 5.74) is 4.42. The van der Waals surface area contributed by atoms with Gasteiger partial charge in [0, 0.05) is 17.7 Å². The zero-order valence-electron chi connectivity index (χ0n) is 16.9. The molecule has 6 heteroatoms. The minimum Gasteiger partial charge on any atom is -0.350 e. The molecule has 1 heterocycles. The van der Waals surface area contributed by atoms with Gasteiger partial charge in [0.2, 0.25) is 5.91 Å². The van der Waals surface area contributed by atoms with E-state index >= 15 is 0 Å². The van der Waals surface area contributed by atoms with Crippen molar-refractivity contribution >= 4 is 17.7 Å². The van der Waals surface area contributed by atoms with Crippen LogP contribution in [0.3, 0.4) is 0 Å². The Morgan fingerprint density at radius 1 is 1.10 bits per heavy atom. The third-order valence-corrected chi connectivity index (χ3v) is 5.47. The molecule has 0 bridgehead atoms. The summed E-state index contributed by atoms with van der Waals surface area (Å²) >= 11 is 1.39. The summed E-state index contributed by atoms with van der Waals surface area (Å²) in [6.07, 6.45) is 2.48. The van der Waals surface area contributed by atoms with Gasteiger partial charge in [0.15, 0.2) is 5.16 Å². The van der Waals surface area contributed by atoms with Crippen LogP contribution < -0.4 is 10.9 Å². The number of nitrogens with zero attached hydrogens (tertiary/aromatic N) is 1. The molecule has 0 saturated heterocycles. The van der Waals surface area contributed by atoms with Gasteiger partial charge in [-0.25, -0.2) is 4.98 Å². The molecule has 0 radical (unpaired) electrons. The van der Waals surface area contributed by atoms with Gasteiger partial charge in [-0.05, 0) is 43.2 Å². The molecule has 0 aliphatic carbocycles. The van der Waals surface area contributed by atoms with Crippen LogP contribution in [0.25, 0.3) is 11.1 Å². The molecule has 3 aromatic rings. The maximum atomic E-state index is 12.4. The molecule has 2 aromatic carbocycles. The van der Waals surface area contributed by atoms with Crippen molar-refractivity contribution in [2.75, 3.05) is 6.26 Å². The molecule has 2 N–H and O–H groups in total. The van der Waals surface area contributed by atoms with E-state index in [1.165, 1.54) is 11.8 Å². The molecule has 0 aliphatic heterocycles. The Morgan fingerprint density at radius 2 is 1.76 bits per heavy atom. The molecule has 29 heavy (non-hydrogen) atoms. The summed E-state index contributed by atoms with van der Waals surface area (Å²) in [5.74, 6) is -0.0858. The number of hydrogen-bond donors (Lipinski definition) is 2. The van der Waals surface area contributed by atoms with Crippen molar-refractivity contribution in [3.63, 3.8) is 0 Å². The van der Waals surface area contributed by atoms with E-state index in [4.69, 9.17) is 0 Å². The zero-order chi connectivity index (χ0) is 20.8. The van der Waals surface area contributed by atoms with E-state index in [1.807, 2.05) is 43.5 Å². The first-order chi connectivity index (χ1) is 14.0. The SMILES string of the molecule is CSc1nc(C)c(CCC(=O)NC(C)c2ccc(-c3ccccc3)cc2)c(=O)[nH]1. The van der Waals surface area contributed by atoms with Crippen molar-refractivity contribution in [1.29, 1.82) is 0 Å². The van der Waals surface area contributed by atoms with Crippen LogP contribution in [0.1, 0.15) is 36.2 Å². The molecule has 5 nitrogen and oxygen atoms in total. The number of carbonyl (C=O) groups is 1. The quantitative estimate of drug-likeness (QED) is 0.453. The Balaban J connectivity index is 1.59. The van der Waals surface area contributed by atoms with Crippen molar-refractivity contribution < 1.29 is 4.79 Å². The molecule has 0 aliphatic rings. The summed E-state index contributed by atoms with van der Waals surface area (Å²) in [5, 5.41) is 3.60. The molecular weight excluding hydrogens is 382 g/mol. The van der Waals surface area contributed by atoms with Gasteiger partial charge < -0.3 is 10.3 Å². The number of aromatic nitrogens is 2. The first-order valence-electron chi connectivity index (χ1n) is 9.56. The normalized spacial score (nSPS) is 11.8. The highest BCUT2D eigenvalue weighted by molar-refractivity contribution is 7.98.